The third kappa shape index (κ3) is 8.63. The van der Waals surface area contributed by atoms with Crippen molar-refractivity contribution in [2.24, 2.45) is 4.99 Å². The maximum absolute atomic E-state index is 5.85. The Morgan fingerprint density at radius 1 is 1.19 bits per heavy atom. The van der Waals surface area contributed by atoms with E-state index in [1.54, 1.807) is 6.26 Å². The molecular weight excluding hydrogens is 517 g/mol. The highest BCUT2D eigenvalue weighted by Crippen LogP contribution is 2.24. The SMILES string of the molecule is CCNC(=NCc1cccc(OCCN(C)C)c1)NCC(c1ccco1)N1CCCC1.I. The number of benzene rings is 1. The average molecular weight is 556 g/mol. The highest BCUT2D eigenvalue weighted by molar-refractivity contribution is 14.0. The molecular formula is C24H38IN5O2. The topological polar surface area (TPSA) is 65.3 Å². The fraction of sp³-hybridized carbons (Fsp3) is 0.542. The largest absolute Gasteiger partial charge is 0.492 e. The monoisotopic (exact) mass is 555 g/mol. The van der Waals surface area contributed by atoms with Crippen LogP contribution in [0.25, 0.3) is 0 Å². The lowest BCUT2D eigenvalue weighted by Crippen LogP contribution is -2.42. The minimum Gasteiger partial charge on any atom is -0.492 e. The number of likely N-dealkylation sites (tertiary alicyclic amines) is 1. The summed E-state index contributed by atoms with van der Waals surface area (Å²) in [6.45, 7) is 8.04. The van der Waals surface area contributed by atoms with Gasteiger partial charge in [0, 0.05) is 19.6 Å². The highest BCUT2D eigenvalue weighted by Gasteiger charge is 2.25. The van der Waals surface area contributed by atoms with E-state index in [-0.39, 0.29) is 30.0 Å². The van der Waals surface area contributed by atoms with Crippen LogP contribution in [0.5, 0.6) is 5.75 Å². The fourth-order valence-corrected chi connectivity index (χ4v) is 3.73. The third-order valence-electron chi connectivity index (χ3n) is 5.39. The summed E-state index contributed by atoms with van der Waals surface area (Å²) in [6, 6.07) is 12.4. The zero-order valence-corrected chi connectivity index (χ0v) is 21.9. The Bertz CT molecular complexity index is 791. The number of nitrogens with zero attached hydrogens (tertiary/aromatic N) is 3. The summed E-state index contributed by atoms with van der Waals surface area (Å²) < 4.78 is 11.6. The quantitative estimate of drug-likeness (QED) is 0.250. The predicted octanol–water partition coefficient (Wildman–Crippen LogP) is 3.73. The van der Waals surface area contributed by atoms with Gasteiger partial charge in [-0.15, -0.1) is 24.0 Å². The first-order valence-electron chi connectivity index (χ1n) is 11.3. The van der Waals surface area contributed by atoms with Gasteiger partial charge >= 0.3 is 0 Å². The second kappa shape index (κ2) is 14.4. The van der Waals surface area contributed by atoms with Crippen LogP contribution < -0.4 is 15.4 Å². The molecule has 1 unspecified atom stereocenters. The summed E-state index contributed by atoms with van der Waals surface area (Å²) in [5, 5.41) is 6.88. The van der Waals surface area contributed by atoms with Gasteiger partial charge in [-0.3, -0.25) is 4.90 Å². The van der Waals surface area contributed by atoms with Gasteiger partial charge in [-0.1, -0.05) is 12.1 Å². The Labute approximate surface area is 209 Å². The molecule has 1 aliphatic rings. The second-order valence-electron chi connectivity index (χ2n) is 8.15. The molecule has 7 nitrogen and oxygen atoms in total. The molecule has 2 N–H and O–H groups in total. The summed E-state index contributed by atoms with van der Waals surface area (Å²) in [5.41, 5.74) is 1.13. The third-order valence-corrected chi connectivity index (χ3v) is 5.39. The van der Waals surface area contributed by atoms with Crippen LogP contribution in [-0.2, 0) is 6.54 Å². The van der Waals surface area contributed by atoms with Crippen molar-refractivity contribution in [1.29, 1.82) is 0 Å². The molecule has 0 spiro atoms. The van der Waals surface area contributed by atoms with Crippen molar-refractivity contribution in [3.63, 3.8) is 0 Å². The van der Waals surface area contributed by atoms with Crippen molar-refractivity contribution in [1.82, 2.24) is 20.4 Å². The van der Waals surface area contributed by atoms with Gasteiger partial charge in [-0.2, -0.15) is 0 Å². The van der Waals surface area contributed by atoms with E-state index in [1.165, 1.54) is 12.8 Å². The number of nitrogens with one attached hydrogen (secondary N) is 2. The van der Waals surface area contributed by atoms with E-state index in [1.807, 2.05) is 32.3 Å². The second-order valence-corrected chi connectivity index (χ2v) is 8.15. The molecule has 178 valence electrons. The van der Waals surface area contributed by atoms with Crippen molar-refractivity contribution in [3.8, 4) is 5.75 Å². The number of halogens is 1. The van der Waals surface area contributed by atoms with Gasteiger partial charge in [0.25, 0.3) is 0 Å². The summed E-state index contributed by atoms with van der Waals surface area (Å²) in [7, 11) is 4.09. The van der Waals surface area contributed by atoms with Gasteiger partial charge in [0.15, 0.2) is 5.96 Å². The zero-order valence-electron chi connectivity index (χ0n) is 19.5. The Hall–Kier alpha value is -1.78. The molecule has 1 saturated heterocycles. The van der Waals surface area contributed by atoms with Crippen molar-refractivity contribution in [2.45, 2.75) is 32.4 Å². The molecule has 0 radical (unpaired) electrons. The molecule has 0 bridgehead atoms. The lowest BCUT2D eigenvalue weighted by atomic mass is 10.2. The molecule has 1 fully saturated rings. The summed E-state index contributed by atoms with van der Waals surface area (Å²) in [4.78, 5) is 9.40. The van der Waals surface area contributed by atoms with E-state index in [2.05, 4.69) is 45.6 Å². The standard InChI is InChI=1S/C24H37N5O2.HI/c1-4-25-24(26-18-20-9-7-10-21(17-20)30-16-14-28(2)3)27-19-22(23-11-8-15-31-23)29-12-5-6-13-29;/h7-11,15,17,22H,4-6,12-14,16,18-19H2,1-3H3,(H2,25,26,27);1H. The summed E-state index contributed by atoms with van der Waals surface area (Å²) in [5.74, 6) is 2.71. The van der Waals surface area contributed by atoms with Crippen LogP contribution in [0.3, 0.4) is 0 Å². The van der Waals surface area contributed by atoms with Crippen LogP contribution in [0.2, 0.25) is 0 Å². The van der Waals surface area contributed by atoms with Crippen LogP contribution in [0, 0.1) is 0 Å². The van der Waals surface area contributed by atoms with Crippen molar-refractivity contribution in [2.75, 3.05) is 53.4 Å². The summed E-state index contributed by atoms with van der Waals surface area (Å²) in [6.07, 6.45) is 4.25. The van der Waals surface area contributed by atoms with Crippen LogP contribution in [-0.4, -0.2) is 69.2 Å². The number of ether oxygens (including phenoxy) is 1. The van der Waals surface area contributed by atoms with Crippen LogP contribution in [0.1, 0.15) is 37.1 Å². The minimum absolute atomic E-state index is 0. The molecule has 8 heteroatoms. The molecule has 0 saturated carbocycles. The van der Waals surface area contributed by atoms with Gasteiger partial charge < -0.3 is 24.7 Å². The van der Waals surface area contributed by atoms with E-state index >= 15 is 0 Å². The van der Waals surface area contributed by atoms with E-state index in [0.717, 1.165) is 55.8 Å². The molecule has 2 heterocycles. The van der Waals surface area contributed by atoms with E-state index in [9.17, 15) is 0 Å². The van der Waals surface area contributed by atoms with E-state index < -0.39 is 0 Å². The van der Waals surface area contributed by atoms with Crippen molar-refractivity contribution in [3.05, 3.63) is 54.0 Å². The number of rotatable bonds is 11. The number of likely N-dealkylation sites (N-methyl/N-ethyl adjacent to an activating group) is 1. The first-order valence-corrected chi connectivity index (χ1v) is 11.3. The number of hydrogen-bond acceptors (Lipinski definition) is 5. The number of furan rings is 1. The smallest absolute Gasteiger partial charge is 0.191 e. The molecule has 1 aromatic heterocycles. The normalized spacial score (nSPS) is 15.4. The number of hydrogen-bond donors (Lipinski definition) is 2. The molecule has 0 amide bonds. The molecule has 3 rings (SSSR count). The fourth-order valence-electron chi connectivity index (χ4n) is 3.73. The molecule has 1 aliphatic heterocycles. The Balaban J connectivity index is 0.00000363. The van der Waals surface area contributed by atoms with Crippen LogP contribution in [0.4, 0.5) is 0 Å². The molecule has 2 aromatic rings. The lowest BCUT2D eigenvalue weighted by molar-refractivity contribution is 0.215. The lowest BCUT2D eigenvalue weighted by Gasteiger charge is -2.26. The van der Waals surface area contributed by atoms with Gasteiger partial charge in [0.2, 0.25) is 0 Å². The van der Waals surface area contributed by atoms with E-state index in [0.29, 0.717) is 13.2 Å². The van der Waals surface area contributed by atoms with Gasteiger partial charge in [-0.25, -0.2) is 4.99 Å². The number of guanidine groups is 1. The van der Waals surface area contributed by atoms with Crippen molar-refractivity contribution >= 4 is 29.9 Å². The van der Waals surface area contributed by atoms with Crippen LogP contribution >= 0.6 is 24.0 Å². The maximum atomic E-state index is 5.85. The van der Waals surface area contributed by atoms with Gasteiger partial charge in [0.05, 0.1) is 18.8 Å². The Morgan fingerprint density at radius 3 is 2.69 bits per heavy atom. The Kier molecular flexibility index (Phi) is 11.9. The average Bonchev–Trinajstić information content (AvgIpc) is 3.47. The number of aliphatic imine (C=N–C) groups is 1. The van der Waals surface area contributed by atoms with Crippen LogP contribution in [0.15, 0.2) is 52.1 Å². The van der Waals surface area contributed by atoms with Crippen molar-refractivity contribution < 1.29 is 9.15 Å². The molecule has 1 aromatic carbocycles. The first-order chi connectivity index (χ1) is 15.2. The Morgan fingerprint density at radius 2 is 2.00 bits per heavy atom. The predicted molar refractivity (Wildman–Crippen MR) is 141 cm³/mol. The van der Waals surface area contributed by atoms with Gasteiger partial charge in [0.1, 0.15) is 18.1 Å². The van der Waals surface area contributed by atoms with Gasteiger partial charge in [-0.05, 0) is 76.8 Å². The molecule has 1 atom stereocenters. The molecule has 0 aliphatic carbocycles. The maximum Gasteiger partial charge on any atom is 0.191 e. The minimum atomic E-state index is 0. The molecule has 32 heavy (non-hydrogen) atoms. The zero-order chi connectivity index (χ0) is 21.9. The summed E-state index contributed by atoms with van der Waals surface area (Å²) >= 11 is 0. The van der Waals surface area contributed by atoms with E-state index in [4.69, 9.17) is 14.1 Å². The highest BCUT2D eigenvalue weighted by atomic mass is 127. The first kappa shape index (κ1) is 26.5.